The molecule has 4 N–H and O–H groups in total. The summed E-state index contributed by atoms with van der Waals surface area (Å²) in [6, 6.07) is 0. The molecule has 0 amide bonds. The van der Waals surface area contributed by atoms with Gasteiger partial charge in [-0.1, -0.05) is 24.7 Å². The van der Waals surface area contributed by atoms with Crippen molar-refractivity contribution in [2.45, 2.75) is 52.7 Å². The molecule has 1 saturated carbocycles. The molecule has 1 aliphatic rings. The van der Waals surface area contributed by atoms with Crippen LogP contribution in [0.25, 0.3) is 11.5 Å². The molecule has 0 saturated heterocycles. The Morgan fingerprint density at radius 2 is 1.06 bits per heavy atom. The van der Waals surface area contributed by atoms with E-state index in [-0.39, 0.29) is 33.3 Å². The fourth-order valence-corrected chi connectivity index (χ4v) is 1.18. The van der Waals surface area contributed by atoms with Gasteiger partial charge in [-0.3, -0.25) is 0 Å². The number of aliphatic hydroxyl groups is 2. The number of hydrogen-bond acceptors (Lipinski definition) is 2. The van der Waals surface area contributed by atoms with Crippen molar-refractivity contribution in [3.05, 3.63) is 11.5 Å². The minimum atomic E-state index is -0.167. The number of nitrogens with one attached hydrogen (secondary N) is 2. The van der Waals surface area contributed by atoms with E-state index in [1.165, 1.54) is 12.8 Å². The zero-order valence-corrected chi connectivity index (χ0v) is 13.6. The van der Waals surface area contributed by atoms with Crippen LogP contribution in [-0.2, 0) is 21.1 Å². The zero-order chi connectivity index (χ0) is 13.1. The molecule has 1 aliphatic carbocycles. The van der Waals surface area contributed by atoms with Gasteiger partial charge in [-0.25, -0.2) is 0 Å². The van der Waals surface area contributed by atoms with E-state index in [4.69, 9.17) is 21.7 Å². The molecule has 1 rings (SSSR count). The van der Waals surface area contributed by atoms with Gasteiger partial charge in [-0.05, 0) is 27.7 Å². The predicted octanol–water partition coefficient (Wildman–Crippen LogP) is 2.89. The molecule has 0 aromatic carbocycles. The normalized spacial score (nSPS) is 21.5. The quantitative estimate of drug-likeness (QED) is 0.710. The standard InChI is InChI=1S/C6H12N2.2C3H8O.Pt/c7-3-5-1-2-6(5)4-8;2*1-3(2)4;/h5-8H,1-4H2;2*3-4H,1-2H3;/q-2;;;+2/t5-,6-;;;/m0.../s1. The number of aliphatic hydroxyl groups excluding tert-OH is 2. The van der Waals surface area contributed by atoms with Crippen molar-refractivity contribution in [2.75, 3.05) is 13.1 Å². The molecule has 0 spiro atoms. The zero-order valence-electron chi connectivity index (χ0n) is 11.3. The topological polar surface area (TPSA) is 88.1 Å². The second-order valence-electron chi connectivity index (χ2n) is 4.69. The Balaban J connectivity index is -0.000000189. The van der Waals surface area contributed by atoms with Gasteiger partial charge in [-0.2, -0.15) is 0 Å². The van der Waals surface area contributed by atoms with E-state index in [0.717, 1.165) is 0 Å². The minimum Gasteiger partial charge on any atom is -0.677 e. The second kappa shape index (κ2) is 14.6. The maximum atomic E-state index is 8.06. The Morgan fingerprint density at radius 1 is 0.882 bits per heavy atom. The van der Waals surface area contributed by atoms with Crippen LogP contribution in [0, 0.1) is 11.8 Å². The van der Waals surface area contributed by atoms with Gasteiger partial charge < -0.3 is 21.7 Å². The van der Waals surface area contributed by atoms with Crippen LogP contribution in [0.2, 0.25) is 0 Å². The third-order valence-corrected chi connectivity index (χ3v) is 2.10. The smallest absolute Gasteiger partial charge is 0.677 e. The first-order valence-corrected chi connectivity index (χ1v) is 6.00. The Morgan fingerprint density at radius 3 is 1.12 bits per heavy atom. The Hall–Kier alpha value is 0.528. The molecule has 0 aromatic rings. The Bertz CT molecular complexity index is 121. The summed E-state index contributed by atoms with van der Waals surface area (Å²) >= 11 is 0. The monoisotopic (exact) mass is 427 g/mol. The Kier molecular flexibility index (Phi) is 19.5. The third-order valence-electron chi connectivity index (χ3n) is 2.10. The summed E-state index contributed by atoms with van der Waals surface area (Å²) in [5.74, 6) is 1.15. The summed E-state index contributed by atoms with van der Waals surface area (Å²) in [6.07, 6.45) is 2.07. The molecule has 0 aromatic heterocycles. The van der Waals surface area contributed by atoms with Crippen LogP contribution in [0.1, 0.15) is 40.5 Å². The molecule has 0 unspecified atom stereocenters. The van der Waals surface area contributed by atoms with Crippen LogP contribution >= 0.6 is 0 Å². The summed E-state index contributed by atoms with van der Waals surface area (Å²) in [7, 11) is 0. The summed E-state index contributed by atoms with van der Waals surface area (Å²) in [6.45, 7) is 7.98. The van der Waals surface area contributed by atoms with Crippen LogP contribution in [0.4, 0.5) is 0 Å². The van der Waals surface area contributed by atoms with E-state index in [1.54, 1.807) is 27.7 Å². The first-order chi connectivity index (χ1) is 7.34. The van der Waals surface area contributed by atoms with E-state index in [2.05, 4.69) is 0 Å². The van der Waals surface area contributed by atoms with E-state index < -0.39 is 0 Å². The van der Waals surface area contributed by atoms with E-state index >= 15 is 0 Å². The molecule has 0 aliphatic heterocycles. The van der Waals surface area contributed by atoms with Gasteiger partial charge >= 0.3 is 21.1 Å². The van der Waals surface area contributed by atoms with Crippen LogP contribution in [0.15, 0.2) is 0 Å². The van der Waals surface area contributed by atoms with Crippen LogP contribution in [-0.4, -0.2) is 35.5 Å². The molecular weight excluding hydrogens is 399 g/mol. The molecule has 5 heteroatoms. The fourth-order valence-electron chi connectivity index (χ4n) is 1.18. The fraction of sp³-hybridized carbons (Fsp3) is 1.00. The first kappa shape index (κ1) is 22.7. The molecule has 0 bridgehead atoms. The second-order valence-corrected chi connectivity index (χ2v) is 4.69. The largest absolute Gasteiger partial charge is 2.00 e. The average Bonchev–Trinajstić information content (AvgIpc) is 2.01. The van der Waals surface area contributed by atoms with Crippen LogP contribution in [0.5, 0.6) is 0 Å². The van der Waals surface area contributed by atoms with E-state index in [1.807, 2.05) is 0 Å². The van der Waals surface area contributed by atoms with E-state index in [9.17, 15) is 0 Å². The average molecular weight is 427 g/mol. The van der Waals surface area contributed by atoms with Crippen molar-refractivity contribution in [2.24, 2.45) is 11.8 Å². The maximum absolute atomic E-state index is 8.06. The summed E-state index contributed by atoms with van der Waals surface area (Å²) < 4.78 is 0. The summed E-state index contributed by atoms with van der Waals surface area (Å²) in [5.41, 5.74) is 14.0. The predicted molar refractivity (Wildman–Crippen MR) is 69.3 cm³/mol. The first-order valence-electron chi connectivity index (χ1n) is 6.00. The summed E-state index contributed by atoms with van der Waals surface area (Å²) in [5, 5.41) is 16.1. The van der Waals surface area contributed by atoms with Crippen molar-refractivity contribution in [3.8, 4) is 0 Å². The summed E-state index contributed by atoms with van der Waals surface area (Å²) in [4.78, 5) is 0. The van der Waals surface area contributed by atoms with Gasteiger partial charge in [0.1, 0.15) is 0 Å². The molecule has 108 valence electrons. The van der Waals surface area contributed by atoms with Crippen LogP contribution in [0.3, 0.4) is 0 Å². The molecular formula is C12H28N2O2Pt. The van der Waals surface area contributed by atoms with Crippen molar-refractivity contribution < 1.29 is 31.3 Å². The van der Waals surface area contributed by atoms with Crippen molar-refractivity contribution in [3.63, 3.8) is 0 Å². The molecule has 0 radical (unpaired) electrons. The minimum absolute atomic E-state index is 0. The van der Waals surface area contributed by atoms with Crippen molar-refractivity contribution in [1.29, 1.82) is 0 Å². The third kappa shape index (κ3) is 19.1. The molecule has 2 atom stereocenters. The van der Waals surface area contributed by atoms with Gasteiger partial charge in [0, 0.05) is 12.2 Å². The SMILES string of the molecule is CC(C)O.CC(C)O.[NH-]C[C@@H]1CC[C@H]1C[NH-].[Pt+2]. The van der Waals surface area contributed by atoms with Gasteiger partial charge in [-0.15, -0.1) is 13.1 Å². The maximum Gasteiger partial charge on any atom is 2.00 e. The van der Waals surface area contributed by atoms with Crippen molar-refractivity contribution in [1.82, 2.24) is 0 Å². The van der Waals surface area contributed by atoms with E-state index in [0.29, 0.717) is 24.9 Å². The number of rotatable bonds is 2. The van der Waals surface area contributed by atoms with Crippen LogP contribution < -0.4 is 0 Å². The van der Waals surface area contributed by atoms with Gasteiger partial charge in [0.25, 0.3) is 0 Å². The molecule has 0 heterocycles. The van der Waals surface area contributed by atoms with Gasteiger partial charge in [0.2, 0.25) is 0 Å². The van der Waals surface area contributed by atoms with Gasteiger partial charge in [0.15, 0.2) is 0 Å². The molecule has 1 fully saturated rings. The van der Waals surface area contributed by atoms with Gasteiger partial charge in [0.05, 0.1) is 0 Å². The number of hydrogen-bond donors (Lipinski definition) is 2. The van der Waals surface area contributed by atoms with Crippen molar-refractivity contribution >= 4 is 0 Å². The molecule has 4 nitrogen and oxygen atoms in total. The Labute approximate surface area is 120 Å². The molecule has 17 heavy (non-hydrogen) atoms.